The predicted octanol–water partition coefficient (Wildman–Crippen LogP) is 3.64. The van der Waals surface area contributed by atoms with Crippen molar-refractivity contribution in [3.8, 4) is 0 Å². The maximum Gasteiger partial charge on any atom is 0.126 e. The molecule has 0 aliphatic carbocycles. The molecular weight excluding hydrogens is 225 g/mol. The van der Waals surface area contributed by atoms with E-state index >= 15 is 0 Å². The van der Waals surface area contributed by atoms with Crippen molar-refractivity contribution in [3.63, 3.8) is 0 Å². The van der Waals surface area contributed by atoms with Gasteiger partial charge in [-0.05, 0) is 48.9 Å². The van der Waals surface area contributed by atoms with Gasteiger partial charge in [-0.1, -0.05) is 25.4 Å². The van der Waals surface area contributed by atoms with E-state index in [9.17, 15) is 4.39 Å². The highest BCUT2D eigenvalue weighted by atomic mass is 35.5. The summed E-state index contributed by atoms with van der Waals surface area (Å²) >= 11 is 5.86. The molecule has 0 saturated heterocycles. The summed E-state index contributed by atoms with van der Waals surface area (Å²) in [5.41, 5.74) is 6.57. The second kappa shape index (κ2) is 5.65. The molecule has 1 aromatic carbocycles. The van der Waals surface area contributed by atoms with E-state index < -0.39 is 0 Å². The van der Waals surface area contributed by atoms with Crippen LogP contribution in [0, 0.1) is 17.7 Å². The minimum absolute atomic E-state index is 0.0541. The van der Waals surface area contributed by atoms with Crippen LogP contribution in [0.15, 0.2) is 18.2 Å². The highest BCUT2D eigenvalue weighted by molar-refractivity contribution is 6.30. The van der Waals surface area contributed by atoms with Gasteiger partial charge in [-0.2, -0.15) is 0 Å². The van der Waals surface area contributed by atoms with Crippen molar-refractivity contribution in [1.29, 1.82) is 0 Å². The van der Waals surface area contributed by atoms with E-state index in [2.05, 4.69) is 13.8 Å². The first-order valence-corrected chi connectivity index (χ1v) is 5.99. The molecule has 0 aliphatic heterocycles. The van der Waals surface area contributed by atoms with Crippen LogP contribution < -0.4 is 5.73 Å². The molecule has 0 radical (unpaired) electrons. The van der Waals surface area contributed by atoms with Crippen molar-refractivity contribution in [2.45, 2.75) is 33.2 Å². The van der Waals surface area contributed by atoms with E-state index in [1.165, 1.54) is 6.07 Å². The Morgan fingerprint density at radius 3 is 2.44 bits per heavy atom. The quantitative estimate of drug-likeness (QED) is 0.859. The topological polar surface area (TPSA) is 26.0 Å². The number of halogens is 2. The third kappa shape index (κ3) is 3.46. The number of benzene rings is 1. The summed E-state index contributed by atoms with van der Waals surface area (Å²) in [5, 5.41) is 0.573. The lowest BCUT2D eigenvalue weighted by molar-refractivity contribution is 0.326. The molecule has 3 heteroatoms. The fourth-order valence-corrected chi connectivity index (χ4v) is 2.18. The molecule has 0 saturated carbocycles. The summed E-state index contributed by atoms with van der Waals surface area (Å²) in [7, 11) is 0. The number of hydrogen-bond donors (Lipinski definition) is 1. The Morgan fingerprint density at radius 2 is 1.94 bits per heavy atom. The van der Waals surface area contributed by atoms with Crippen molar-refractivity contribution in [3.05, 3.63) is 34.6 Å². The lowest BCUT2D eigenvalue weighted by atomic mass is 9.84. The lowest BCUT2D eigenvalue weighted by Crippen LogP contribution is -2.32. The molecule has 16 heavy (non-hydrogen) atoms. The van der Waals surface area contributed by atoms with E-state index in [0.717, 1.165) is 0 Å². The smallest absolute Gasteiger partial charge is 0.126 e. The van der Waals surface area contributed by atoms with E-state index in [4.69, 9.17) is 17.3 Å². The van der Waals surface area contributed by atoms with E-state index in [1.54, 1.807) is 12.1 Å². The Hall–Kier alpha value is -0.600. The summed E-state index contributed by atoms with van der Waals surface area (Å²) in [6.07, 6.45) is 0.641. The van der Waals surface area contributed by atoms with Crippen LogP contribution in [0.25, 0.3) is 0 Å². The first kappa shape index (κ1) is 13.5. The largest absolute Gasteiger partial charge is 0.328 e. The monoisotopic (exact) mass is 243 g/mol. The zero-order chi connectivity index (χ0) is 12.3. The summed E-state index contributed by atoms with van der Waals surface area (Å²) in [4.78, 5) is 0. The lowest BCUT2D eigenvalue weighted by Gasteiger charge is -2.25. The van der Waals surface area contributed by atoms with Crippen molar-refractivity contribution >= 4 is 11.6 Å². The van der Waals surface area contributed by atoms with Gasteiger partial charge in [0, 0.05) is 11.1 Å². The average Bonchev–Trinajstić information content (AvgIpc) is 2.18. The van der Waals surface area contributed by atoms with Crippen molar-refractivity contribution < 1.29 is 4.39 Å². The minimum Gasteiger partial charge on any atom is -0.328 e. The maximum absolute atomic E-state index is 13.6. The second-order valence-electron chi connectivity index (χ2n) is 4.71. The summed E-state index contributed by atoms with van der Waals surface area (Å²) in [6.45, 7) is 6.18. The Balaban J connectivity index is 2.89. The van der Waals surface area contributed by atoms with Gasteiger partial charge in [0.1, 0.15) is 5.82 Å². The predicted molar refractivity (Wildman–Crippen MR) is 67.1 cm³/mol. The van der Waals surface area contributed by atoms with Gasteiger partial charge in [0.2, 0.25) is 0 Å². The van der Waals surface area contributed by atoms with Crippen molar-refractivity contribution in [2.24, 2.45) is 17.6 Å². The van der Waals surface area contributed by atoms with Crippen LogP contribution in [0.4, 0.5) is 4.39 Å². The molecule has 2 N–H and O–H groups in total. The number of hydrogen-bond acceptors (Lipinski definition) is 1. The molecule has 2 unspecified atom stereocenters. The zero-order valence-corrected chi connectivity index (χ0v) is 10.8. The molecule has 2 atom stereocenters. The maximum atomic E-state index is 13.6. The van der Waals surface area contributed by atoms with Crippen LogP contribution in [-0.2, 0) is 6.42 Å². The third-order valence-corrected chi connectivity index (χ3v) is 3.23. The molecule has 0 aliphatic rings. The third-order valence-electron chi connectivity index (χ3n) is 3.00. The first-order chi connectivity index (χ1) is 7.41. The Morgan fingerprint density at radius 1 is 1.31 bits per heavy atom. The number of rotatable bonds is 4. The van der Waals surface area contributed by atoms with Gasteiger partial charge in [0.25, 0.3) is 0 Å². The molecule has 0 heterocycles. The molecule has 0 bridgehead atoms. The fourth-order valence-electron chi connectivity index (χ4n) is 1.98. The normalized spacial score (nSPS) is 15.2. The van der Waals surface area contributed by atoms with Crippen molar-refractivity contribution in [2.75, 3.05) is 0 Å². The minimum atomic E-state index is -0.198. The summed E-state index contributed by atoms with van der Waals surface area (Å²) in [6, 6.07) is 4.72. The van der Waals surface area contributed by atoms with Crippen LogP contribution in [0.2, 0.25) is 5.02 Å². The number of nitrogens with two attached hydrogens (primary N) is 1. The zero-order valence-electron chi connectivity index (χ0n) is 10.0. The van der Waals surface area contributed by atoms with Gasteiger partial charge < -0.3 is 5.73 Å². The van der Waals surface area contributed by atoms with E-state index in [1.807, 2.05) is 6.92 Å². The first-order valence-electron chi connectivity index (χ1n) is 5.61. The van der Waals surface area contributed by atoms with Crippen LogP contribution >= 0.6 is 11.6 Å². The molecule has 0 amide bonds. The van der Waals surface area contributed by atoms with Gasteiger partial charge in [-0.15, -0.1) is 0 Å². The van der Waals surface area contributed by atoms with Gasteiger partial charge in [0.15, 0.2) is 0 Å². The van der Waals surface area contributed by atoms with E-state index in [0.29, 0.717) is 22.9 Å². The van der Waals surface area contributed by atoms with Gasteiger partial charge in [0.05, 0.1) is 0 Å². The summed E-state index contributed by atoms with van der Waals surface area (Å²) in [5.74, 6) is 0.502. The van der Waals surface area contributed by atoms with Crippen LogP contribution in [-0.4, -0.2) is 6.04 Å². The Bertz CT molecular complexity index is 342. The standard InChI is InChI=1S/C13H19ClFN/c1-8(2)12(9(3)16)7-10-6-11(14)4-5-13(10)15/h4-6,8-9,12H,7,16H2,1-3H3. The van der Waals surface area contributed by atoms with Gasteiger partial charge >= 0.3 is 0 Å². The SMILES string of the molecule is CC(C)C(Cc1cc(Cl)ccc1F)C(C)N. The Labute approximate surface area is 102 Å². The molecular formula is C13H19ClFN. The Kier molecular flexibility index (Phi) is 4.75. The second-order valence-corrected chi connectivity index (χ2v) is 5.14. The average molecular weight is 244 g/mol. The highest BCUT2D eigenvalue weighted by Crippen LogP contribution is 2.23. The van der Waals surface area contributed by atoms with Crippen LogP contribution in [0.1, 0.15) is 26.3 Å². The van der Waals surface area contributed by atoms with Crippen molar-refractivity contribution in [1.82, 2.24) is 0 Å². The van der Waals surface area contributed by atoms with Crippen LogP contribution in [0.5, 0.6) is 0 Å². The molecule has 1 aromatic rings. The molecule has 0 aromatic heterocycles. The highest BCUT2D eigenvalue weighted by Gasteiger charge is 2.19. The summed E-state index contributed by atoms with van der Waals surface area (Å²) < 4.78 is 13.6. The van der Waals surface area contributed by atoms with Gasteiger partial charge in [-0.25, -0.2) is 4.39 Å². The molecule has 1 nitrogen and oxygen atoms in total. The fraction of sp³-hybridized carbons (Fsp3) is 0.538. The molecule has 1 rings (SSSR count). The molecule has 0 spiro atoms. The molecule has 0 fully saturated rings. The van der Waals surface area contributed by atoms with E-state index in [-0.39, 0.29) is 17.8 Å². The van der Waals surface area contributed by atoms with Crippen LogP contribution in [0.3, 0.4) is 0 Å². The van der Waals surface area contributed by atoms with Gasteiger partial charge in [-0.3, -0.25) is 0 Å². The molecule has 90 valence electrons.